The molecule has 0 N–H and O–H groups in total. The Morgan fingerprint density at radius 3 is 2.57 bits per heavy atom. The zero-order chi connectivity index (χ0) is 10.6. The molecule has 0 radical (unpaired) electrons. The van der Waals surface area contributed by atoms with Gasteiger partial charge in [-0.3, -0.25) is 4.90 Å². The Morgan fingerprint density at radius 1 is 1.29 bits per heavy atom. The van der Waals surface area contributed by atoms with E-state index in [1.54, 1.807) is 0 Å². The lowest BCUT2D eigenvalue weighted by molar-refractivity contribution is 0.0927. The van der Waals surface area contributed by atoms with Gasteiger partial charge in [-0.2, -0.15) is 0 Å². The van der Waals surface area contributed by atoms with Crippen LogP contribution in [0.5, 0.6) is 0 Å². The second-order valence-corrected chi connectivity index (χ2v) is 5.17. The fraction of sp³-hybridized carbons (Fsp3) is 0.846. The van der Waals surface area contributed by atoms with Crippen molar-refractivity contribution in [3.63, 3.8) is 0 Å². The van der Waals surface area contributed by atoms with Crippen LogP contribution in [0.15, 0.2) is 0 Å². The molecule has 0 aromatic carbocycles. The first-order valence-corrected chi connectivity index (χ1v) is 5.76. The molecule has 0 aromatic rings. The molecule has 0 unspecified atom stereocenters. The minimum Gasteiger partial charge on any atom is -0.287 e. The van der Waals surface area contributed by atoms with Crippen LogP contribution >= 0.6 is 0 Å². The second-order valence-electron chi connectivity index (χ2n) is 5.17. The summed E-state index contributed by atoms with van der Waals surface area (Å²) in [5, 5.41) is 0. The van der Waals surface area contributed by atoms with Gasteiger partial charge in [0.15, 0.2) is 0 Å². The van der Waals surface area contributed by atoms with Gasteiger partial charge in [0.2, 0.25) is 0 Å². The summed E-state index contributed by atoms with van der Waals surface area (Å²) in [6.07, 6.45) is 4.03. The molecule has 80 valence electrons. The highest BCUT2D eigenvalue weighted by atomic mass is 15.2. The molecular formula is C13H23N. The molecule has 0 saturated carbocycles. The van der Waals surface area contributed by atoms with E-state index in [1.165, 1.54) is 25.8 Å². The van der Waals surface area contributed by atoms with Crippen LogP contribution in [-0.4, -0.2) is 23.5 Å². The van der Waals surface area contributed by atoms with Gasteiger partial charge in [-0.25, -0.2) is 0 Å². The predicted molar refractivity (Wildman–Crippen MR) is 62.1 cm³/mol. The third-order valence-corrected chi connectivity index (χ3v) is 2.98. The maximum Gasteiger partial charge on any atom is 0.0606 e. The molecule has 0 aromatic heterocycles. The van der Waals surface area contributed by atoms with Crippen LogP contribution in [0, 0.1) is 17.8 Å². The molecule has 0 bridgehead atoms. The van der Waals surface area contributed by atoms with Crippen LogP contribution in [0.3, 0.4) is 0 Å². The Balaban J connectivity index is 2.47. The average Bonchev–Trinajstić information content (AvgIpc) is 2.07. The van der Waals surface area contributed by atoms with Crippen molar-refractivity contribution >= 4 is 0 Å². The maximum absolute atomic E-state index is 3.29. The fourth-order valence-electron chi connectivity index (χ4n) is 1.96. The van der Waals surface area contributed by atoms with Crippen molar-refractivity contribution in [2.45, 2.75) is 52.5 Å². The standard InChI is InChI=1S/C13H23N/c1-12(2)8-7-11-14-10-6-5-9-13(14,3)4/h12H,5-6,9-11H2,1-4H3. The molecule has 1 fully saturated rings. The Hall–Kier alpha value is -0.480. The summed E-state index contributed by atoms with van der Waals surface area (Å²) in [4.78, 5) is 2.52. The van der Waals surface area contributed by atoms with Crippen LogP contribution in [0.1, 0.15) is 47.0 Å². The van der Waals surface area contributed by atoms with Crippen LogP contribution < -0.4 is 0 Å². The summed E-state index contributed by atoms with van der Waals surface area (Å²) in [6, 6.07) is 0. The summed E-state index contributed by atoms with van der Waals surface area (Å²) in [5.41, 5.74) is 0.365. The molecule has 1 heteroatoms. The lowest BCUT2D eigenvalue weighted by Gasteiger charge is -2.41. The minimum atomic E-state index is 0.365. The number of hydrogen-bond donors (Lipinski definition) is 0. The van der Waals surface area contributed by atoms with Gasteiger partial charge in [-0.1, -0.05) is 32.1 Å². The maximum atomic E-state index is 3.29. The molecule has 0 aliphatic carbocycles. The highest BCUT2D eigenvalue weighted by Gasteiger charge is 2.28. The monoisotopic (exact) mass is 193 g/mol. The topological polar surface area (TPSA) is 3.24 Å². The minimum absolute atomic E-state index is 0.365. The molecule has 0 atom stereocenters. The summed E-state index contributed by atoms with van der Waals surface area (Å²) in [6.45, 7) is 11.1. The molecule has 1 saturated heterocycles. The van der Waals surface area contributed by atoms with Gasteiger partial charge < -0.3 is 0 Å². The van der Waals surface area contributed by atoms with E-state index in [0.29, 0.717) is 11.5 Å². The highest BCUT2D eigenvalue weighted by Crippen LogP contribution is 2.26. The van der Waals surface area contributed by atoms with Crippen molar-refractivity contribution in [1.82, 2.24) is 4.90 Å². The van der Waals surface area contributed by atoms with E-state index in [9.17, 15) is 0 Å². The Kier molecular flexibility index (Phi) is 4.01. The first kappa shape index (κ1) is 11.6. The zero-order valence-electron chi connectivity index (χ0n) is 10.1. The second kappa shape index (κ2) is 4.84. The number of rotatable bonds is 1. The van der Waals surface area contributed by atoms with Crippen LogP contribution in [0.25, 0.3) is 0 Å². The van der Waals surface area contributed by atoms with Crippen molar-refractivity contribution in [3.8, 4) is 11.8 Å². The van der Waals surface area contributed by atoms with Gasteiger partial charge in [0.05, 0.1) is 6.54 Å². The predicted octanol–water partition coefficient (Wildman–Crippen LogP) is 2.91. The molecule has 1 heterocycles. The Morgan fingerprint density at radius 2 is 2.00 bits per heavy atom. The molecule has 1 nitrogen and oxygen atoms in total. The fourth-order valence-corrected chi connectivity index (χ4v) is 1.96. The number of hydrogen-bond acceptors (Lipinski definition) is 1. The van der Waals surface area contributed by atoms with Crippen molar-refractivity contribution in [1.29, 1.82) is 0 Å². The first-order chi connectivity index (χ1) is 6.52. The largest absolute Gasteiger partial charge is 0.287 e. The van der Waals surface area contributed by atoms with Gasteiger partial charge in [-0.15, -0.1) is 0 Å². The van der Waals surface area contributed by atoms with Gasteiger partial charge in [0.1, 0.15) is 0 Å². The summed E-state index contributed by atoms with van der Waals surface area (Å²) in [7, 11) is 0. The van der Waals surface area contributed by atoms with E-state index >= 15 is 0 Å². The number of nitrogens with zero attached hydrogens (tertiary/aromatic N) is 1. The van der Waals surface area contributed by atoms with Crippen LogP contribution in [0.4, 0.5) is 0 Å². The van der Waals surface area contributed by atoms with Gasteiger partial charge >= 0.3 is 0 Å². The van der Waals surface area contributed by atoms with E-state index < -0.39 is 0 Å². The molecule has 1 rings (SSSR count). The lowest BCUT2D eigenvalue weighted by Crippen LogP contribution is -2.47. The quantitative estimate of drug-likeness (QED) is 0.579. The van der Waals surface area contributed by atoms with E-state index in [-0.39, 0.29) is 0 Å². The first-order valence-electron chi connectivity index (χ1n) is 5.76. The Labute approximate surface area is 88.9 Å². The molecule has 14 heavy (non-hydrogen) atoms. The van der Waals surface area contributed by atoms with Crippen LogP contribution in [-0.2, 0) is 0 Å². The van der Waals surface area contributed by atoms with Crippen molar-refractivity contribution in [3.05, 3.63) is 0 Å². The normalized spacial score (nSPS) is 21.8. The molecule has 0 spiro atoms. The van der Waals surface area contributed by atoms with E-state index in [2.05, 4.69) is 44.4 Å². The summed E-state index contributed by atoms with van der Waals surface area (Å²) >= 11 is 0. The van der Waals surface area contributed by atoms with E-state index in [4.69, 9.17) is 0 Å². The number of likely N-dealkylation sites (tertiary alicyclic amines) is 1. The number of piperidine rings is 1. The zero-order valence-corrected chi connectivity index (χ0v) is 10.1. The summed E-state index contributed by atoms with van der Waals surface area (Å²) in [5.74, 6) is 7.03. The molecule has 1 aliphatic heterocycles. The summed E-state index contributed by atoms with van der Waals surface area (Å²) < 4.78 is 0. The average molecular weight is 193 g/mol. The van der Waals surface area contributed by atoms with Gasteiger partial charge in [0, 0.05) is 11.5 Å². The van der Waals surface area contributed by atoms with E-state index in [1.807, 2.05) is 0 Å². The third-order valence-electron chi connectivity index (χ3n) is 2.98. The Bertz CT molecular complexity index is 229. The molecule has 1 aliphatic rings. The van der Waals surface area contributed by atoms with Gasteiger partial charge in [-0.05, 0) is 33.2 Å². The van der Waals surface area contributed by atoms with Crippen molar-refractivity contribution in [2.24, 2.45) is 5.92 Å². The van der Waals surface area contributed by atoms with Crippen molar-refractivity contribution in [2.75, 3.05) is 13.1 Å². The van der Waals surface area contributed by atoms with Crippen molar-refractivity contribution < 1.29 is 0 Å². The van der Waals surface area contributed by atoms with E-state index in [0.717, 1.165) is 6.54 Å². The van der Waals surface area contributed by atoms with Crippen LogP contribution in [0.2, 0.25) is 0 Å². The smallest absolute Gasteiger partial charge is 0.0606 e. The third kappa shape index (κ3) is 3.35. The molecule has 0 amide bonds. The molecular weight excluding hydrogens is 170 g/mol. The highest BCUT2D eigenvalue weighted by molar-refractivity contribution is 5.05. The SMILES string of the molecule is CC(C)C#CCN1CCCCC1(C)C. The lowest BCUT2D eigenvalue weighted by atomic mass is 9.90. The van der Waals surface area contributed by atoms with Gasteiger partial charge in [0.25, 0.3) is 0 Å².